The van der Waals surface area contributed by atoms with Gasteiger partial charge in [0.1, 0.15) is 24.0 Å². The normalized spacial score (nSPS) is 13.1. The summed E-state index contributed by atoms with van der Waals surface area (Å²) in [4.78, 5) is 18.1. The van der Waals surface area contributed by atoms with Crippen LogP contribution in [0.1, 0.15) is 33.0 Å². The maximum atomic E-state index is 12.7. The number of hydrogen-bond donors (Lipinski definition) is 1. The minimum absolute atomic E-state index is 0.107. The van der Waals surface area contributed by atoms with Crippen molar-refractivity contribution in [2.45, 2.75) is 32.9 Å². The van der Waals surface area contributed by atoms with Crippen LogP contribution in [0.5, 0.6) is 5.75 Å². The van der Waals surface area contributed by atoms with E-state index >= 15 is 0 Å². The number of allylic oxidation sites excluding steroid dienone is 1. The van der Waals surface area contributed by atoms with Crippen LogP contribution in [-0.4, -0.2) is 22.8 Å². The molecule has 5 nitrogen and oxygen atoms in total. The van der Waals surface area contributed by atoms with E-state index in [0.29, 0.717) is 25.4 Å². The first kappa shape index (κ1) is 20.5. The molecule has 30 heavy (non-hydrogen) atoms. The van der Waals surface area contributed by atoms with E-state index in [0.717, 1.165) is 39.6 Å². The van der Waals surface area contributed by atoms with Gasteiger partial charge in [-0.3, -0.25) is 9.36 Å². The molecule has 1 aliphatic carbocycles. The highest BCUT2D eigenvalue weighted by Crippen LogP contribution is 2.27. The minimum atomic E-state index is -0.361. The van der Waals surface area contributed by atoms with E-state index in [1.54, 1.807) is 22.1 Å². The maximum Gasteiger partial charge on any atom is 0.258 e. The first-order valence-electron chi connectivity index (χ1n) is 9.98. The van der Waals surface area contributed by atoms with E-state index in [1.807, 2.05) is 25.3 Å². The minimum Gasteiger partial charge on any atom is -0.486 e. The molecule has 0 saturated carbocycles. The zero-order valence-corrected chi connectivity index (χ0v) is 17.7. The summed E-state index contributed by atoms with van der Waals surface area (Å²) in [5, 5.41) is 3.97. The van der Waals surface area contributed by atoms with E-state index in [4.69, 9.17) is 4.74 Å². The Balaban J connectivity index is 1.47. The number of alkyl halides is 1. The number of thiazole rings is 1. The summed E-state index contributed by atoms with van der Waals surface area (Å²) in [7, 11) is 0. The SMILES string of the molecule is Cc1cnc(COc2ccn(C3=Cc4ccc(CNCCF)cc4CC3)c(=O)c2)s1. The topological polar surface area (TPSA) is 56.1 Å². The van der Waals surface area contributed by atoms with Crippen LogP contribution in [0.4, 0.5) is 4.39 Å². The van der Waals surface area contributed by atoms with Crippen molar-refractivity contribution in [2.75, 3.05) is 13.2 Å². The lowest BCUT2D eigenvalue weighted by Crippen LogP contribution is -2.20. The number of hydrogen-bond acceptors (Lipinski definition) is 5. The van der Waals surface area contributed by atoms with Crippen molar-refractivity contribution in [1.29, 1.82) is 0 Å². The van der Waals surface area contributed by atoms with E-state index in [2.05, 4.69) is 28.5 Å². The molecule has 1 aliphatic rings. The Hall–Kier alpha value is -2.77. The summed E-state index contributed by atoms with van der Waals surface area (Å²) in [6.45, 7) is 3.03. The maximum absolute atomic E-state index is 12.7. The Bertz CT molecular complexity index is 1120. The van der Waals surface area contributed by atoms with Gasteiger partial charge in [-0.1, -0.05) is 18.2 Å². The molecule has 0 radical (unpaired) electrons. The highest BCUT2D eigenvalue weighted by molar-refractivity contribution is 7.11. The molecule has 0 saturated heterocycles. The van der Waals surface area contributed by atoms with E-state index in [-0.39, 0.29) is 12.2 Å². The molecule has 0 unspecified atom stereocenters. The standard InChI is InChI=1S/C23H24FN3O2S/c1-16-13-26-22(30-16)15-29-21-6-9-27(23(28)12-21)20-5-4-18-10-17(14-25-8-7-24)2-3-19(18)11-20/h2-3,6,9-13,25H,4-5,7-8,14-15H2,1H3. The fourth-order valence-corrected chi connectivity index (χ4v) is 4.23. The van der Waals surface area contributed by atoms with Crippen LogP contribution in [0.2, 0.25) is 0 Å². The summed E-state index contributed by atoms with van der Waals surface area (Å²) in [6, 6.07) is 9.62. The van der Waals surface area contributed by atoms with Crippen LogP contribution < -0.4 is 15.6 Å². The molecule has 156 valence electrons. The van der Waals surface area contributed by atoms with Gasteiger partial charge in [-0.25, -0.2) is 9.37 Å². The van der Waals surface area contributed by atoms with Crippen molar-refractivity contribution < 1.29 is 9.13 Å². The van der Waals surface area contributed by atoms with Crippen molar-refractivity contribution in [3.8, 4) is 5.75 Å². The highest BCUT2D eigenvalue weighted by atomic mass is 32.1. The van der Waals surface area contributed by atoms with Gasteiger partial charge in [0.25, 0.3) is 5.56 Å². The lowest BCUT2D eigenvalue weighted by atomic mass is 9.93. The molecule has 3 aromatic rings. The monoisotopic (exact) mass is 425 g/mol. The summed E-state index contributed by atoms with van der Waals surface area (Å²) in [6.07, 6.45) is 7.31. The third-order valence-electron chi connectivity index (χ3n) is 5.01. The predicted octanol–water partition coefficient (Wildman–Crippen LogP) is 4.20. The third-order valence-corrected chi connectivity index (χ3v) is 5.90. The van der Waals surface area contributed by atoms with Crippen molar-refractivity contribution in [1.82, 2.24) is 14.9 Å². The van der Waals surface area contributed by atoms with Crippen molar-refractivity contribution in [2.24, 2.45) is 0 Å². The van der Waals surface area contributed by atoms with Gasteiger partial charge in [0.05, 0.1) is 0 Å². The molecule has 2 aromatic heterocycles. The van der Waals surface area contributed by atoms with Crippen molar-refractivity contribution in [3.05, 3.63) is 79.7 Å². The first-order chi connectivity index (χ1) is 14.6. The number of rotatable bonds is 8. The smallest absolute Gasteiger partial charge is 0.258 e. The second kappa shape index (κ2) is 9.36. The number of nitrogens with zero attached hydrogens (tertiary/aromatic N) is 2. The average Bonchev–Trinajstić information content (AvgIpc) is 3.17. The van der Waals surface area contributed by atoms with Crippen LogP contribution in [0.15, 0.2) is 47.5 Å². The molecule has 0 bridgehead atoms. The molecular formula is C23H24FN3O2S. The van der Waals surface area contributed by atoms with E-state index < -0.39 is 0 Å². The molecule has 4 rings (SSSR count). The second-order valence-electron chi connectivity index (χ2n) is 7.26. The molecule has 1 aromatic carbocycles. The van der Waals surface area contributed by atoms with Gasteiger partial charge in [-0.2, -0.15) is 0 Å². The van der Waals surface area contributed by atoms with Gasteiger partial charge in [-0.15, -0.1) is 11.3 Å². The van der Waals surface area contributed by atoms with Crippen LogP contribution in [0.3, 0.4) is 0 Å². The molecule has 0 amide bonds. The molecule has 1 N–H and O–H groups in total. The molecule has 0 atom stereocenters. The number of halogens is 1. The third kappa shape index (κ3) is 4.86. The highest BCUT2D eigenvalue weighted by Gasteiger charge is 2.14. The fraction of sp³-hybridized carbons (Fsp3) is 0.304. The first-order valence-corrected chi connectivity index (χ1v) is 10.8. The number of ether oxygens (including phenoxy) is 1. The predicted molar refractivity (Wildman–Crippen MR) is 118 cm³/mol. The van der Waals surface area contributed by atoms with Crippen LogP contribution in [0, 0.1) is 6.92 Å². The molecular weight excluding hydrogens is 401 g/mol. The number of aromatic nitrogens is 2. The van der Waals surface area contributed by atoms with Crippen molar-refractivity contribution >= 4 is 23.1 Å². The van der Waals surface area contributed by atoms with Crippen LogP contribution >= 0.6 is 11.3 Å². The summed E-state index contributed by atoms with van der Waals surface area (Å²) >= 11 is 1.59. The lowest BCUT2D eigenvalue weighted by molar-refractivity contribution is 0.304. The Morgan fingerprint density at radius 1 is 1.27 bits per heavy atom. The fourth-order valence-electron chi connectivity index (χ4n) is 3.53. The molecule has 0 spiro atoms. The van der Waals surface area contributed by atoms with Crippen LogP contribution in [0.25, 0.3) is 11.8 Å². The summed E-state index contributed by atoms with van der Waals surface area (Å²) in [5.74, 6) is 0.548. The lowest BCUT2D eigenvalue weighted by Gasteiger charge is -2.19. The number of fused-ring (bicyclic) bond motifs is 1. The Morgan fingerprint density at radius 3 is 2.93 bits per heavy atom. The van der Waals surface area contributed by atoms with Crippen LogP contribution in [-0.2, 0) is 19.6 Å². The Kier molecular flexibility index (Phi) is 6.40. The zero-order valence-electron chi connectivity index (χ0n) is 16.9. The zero-order chi connectivity index (χ0) is 20.9. The number of nitrogens with one attached hydrogen (secondary N) is 1. The largest absolute Gasteiger partial charge is 0.486 e. The van der Waals surface area contributed by atoms with Gasteiger partial charge >= 0.3 is 0 Å². The quantitative estimate of drug-likeness (QED) is 0.550. The van der Waals surface area contributed by atoms with Gasteiger partial charge in [0.15, 0.2) is 0 Å². The number of aryl methyl sites for hydroxylation is 2. The molecule has 0 fully saturated rings. The average molecular weight is 426 g/mol. The summed E-state index contributed by atoms with van der Waals surface area (Å²) < 4.78 is 19.6. The van der Waals surface area contributed by atoms with E-state index in [9.17, 15) is 9.18 Å². The van der Waals surface area contributed by atoms with Gasteiger partial charge < -0.3 is 10.1 Å². The Morgan fingerprint density at radius 2 is 2.17 bits per heavy atom. The Labute approximate surface area is 178 Å². The number of benzene rings is 1. The van der Waals surface area contributed by atoms with Crippen molar-refractivity contribution in [3.63, 3.8) is 0 Å². The molecule has 0 aliphatic heterocycles. The summed E-state index contributed by atoms with van der Waals surface area (Å²) in [5.41, 5.74) is 4.39. The van der Waals surface area contributed by atoms with Gasteiger partial charge in [-0.05, 0) is 48.6 Å². The van der Waals surface area contributed by atoms with E-state index in [1.165, 1.54) is 11.6 Å². The second-order valence-corrected chi connectivity index (χ2v) is 8.58. The van der Waals surface area contributed by atoms with Gasteiger partial charge in [0.2, 0.25) is 0 Å². The molecule has 7 heteroatoms. The van der Waals surface area contributed by atoms with Gasteiger partial charge in [0, 0.05) is 42.1 Å². The number of pyridine rings is 1. The molecule has 2 heterocycles.